The lowest BCUT2D eigenvalue weighted by Gasteiger charge is -2.20. The zero-order chi connectivity index (χ0) is 28.2. The van der Waals surface area contributed by atoms with Crippen LogP contribution in [0, 0.1) is 12.7 Å². The summed E-state index contributed by atoms with van der Waals surface area (Å²) in [5.74, 6) is -0.0328. The van der Waals surface area contributed by atoms with Crippen molar-refractivity contribution < 1.29 is 17.5 Å². The summed E-state index contributed by atoms with van der Waals surface area (Å²) in [5, 5.41) is 3.48. The van der Waals surface area contributed by atoms with Crippen molar-refractivity contribution in [3.8, 4) is 5.75 Å². The number of rotatable bonds is 10. The van der Waals surface area contributed by atoms with Crippen molar-refractivity contribution in [1.82, 2.24) is 14.9 Å². The molecule has 10 heteroatoms. The number of aromatic nitrogens is 2. The van der Waals surface area contributed by atoms with Gasteiger partial charge in [0.05, 0.1) is 16.2 Å². The van der Waals surface area contributed by atoms with E-state index < -0.39 is 20.4 Å². The van der Waals surface area contributed by atoms with E-state index in [4.69, 9.17) is 16.3 Å². The van der Waals surface area contributed by atoms with Crippen LogP contribution < -0.4 is 10.1 Å². The van der Waals surface area contributed by atoms with E-state index in [9.17, 15) is 12.8 Å². The van der Waals surface area contributed by atoms with E-state index in [1.54, 1.807) is 45.2 Å². The Kier molecular flexibility index (Phi) is 9.14. The van der Waals surface area contributed by atoms with Gasteiger partial charge in [-0.3, -0.25) is 4.90 Å². The first kappa shape index (κ1) is 29.2. The summed E-state index contributed by atoms with van der Waals surface area (Å²) in [6.07, 6.45) is 4.58. The highest BCUT2D eigenvalue weighted by Gasteiger charge is 2.29. The van der Waals surface area contributed by atoms with Gasteiger partial charge in [-0.25, -0.2) is 22.8 Å². The highest BCUT2D eigenvalue weighted by atomic mass is 35.5. The molecule has 0 bridgehead atoms. The summed E-state index contributed by atoms with van der Waals surface area (Å²) in [5.41, 5.74) is 3.60. The Morgan fingerprint density at radius 1 is 1.13 bits per heavy atom. The quantitative estimate of drug-likeness (QED) is 0.313. The third kappa shape index (κ3) is 7.68. The molecule has 0 unspecified atom stereocenters. The third-order valence-electron chi connectivity index (χ3n) is 6.89. The SMILES string of the molecule is Cc1cnc(Nc2ccc(OCCN3CCCC3)c(F)c2)nc1Cc1ccc(Cl)c(CS(=O)(=O)C(C)(C)C)c1. The van der Waals surface area contributed by atoms with Crippen molar-refractivity contribution in [2.45, 2.75) is 57.5 Å². The molecular formula is C29H36ClFN4O3S. The summed E-state index contributed by atoms with van der Waals surface area (Å²) < 4.78 is 44.9. The number of sulfone groups is 1. The van der Waals surface area contributed by atoms with E-state index in [0.717, 1.165) is 36.5 Å². The molecule has 1 aromatic heterocycles. The van der Waals surface area contributed by atoms with Crippen molar-refractivity contribution in [2.75, 3.05) is 31.6 Å². The second kappa shape index (κ2) is 12.2. The fourth-order valence-corrected chi connectivity index (χ4v) is 5.64. The number of ether oxygens (including phenoxy) is 1. The normalized spacial score (nSPS) is 14.5. The Balaban J connectivity index is 1.44. The molecule has 0 radical (unpaired) electrons. The van der Waals surface area contributed by atoms with E-state index >= 15 is 0 Å². The summed E-state index contributed by atoms with van der Waals surface area (Å²) in [6, 6.07) is 10.1. The number of hydrogen-bond acceptors (Lipinski definition) is 7. The van der Waals surface area contributed by atoms with Crippen molar-refractivity contribution in [3.63, 3.8) is 0 Å². The van der Waals surface area contributed by atoms with Gasteiger partial charge in [0.15, 0.2) is 21.4 Å². The molecule has 1 N–H and O–H groups in total. The van der Waals surface area contributed by atoms with Gasteiger partial charge in [0.25, 0.3) is 0 Å². The average Bonchev–Trinajstić information content (AvgIpc) is 3.37. The van der Waals surface area contributed by atoms with E-state index in [1.807, 2.05) is 19.1 Å². The van der Waals surface area contributed by atoms with Crippen LogP contribution in [0.25, 0.3) is 0 Å². The molecule has 0 atom stereocenters. The topological polar surface area (TPSA) is 84.4 Å². The monoisotopic (exact) mass is 574 g/mol. The van der Waals surface area contributed by atoms with Crippen LogP contribution in [0.3, 0.4) is 0 Å². The van der Waals surface area contributed by atoms with Crippen LogP contribution in [0.4, 0.5) is 16.0 Å². The van der Waals surface area contributed by atoms with Crippen molar-refractivity contribution in [2.24, 2.45) is 0 Å². The zero-order valence-corrected chi connectivity index (χ0v) is 24.5. The minimum Gasteiger partial charge on any atom is -0.489 e. The molecule has 3 aromatic rings. The molecule has 1 aliphatic heterocycles. The van der Waals surface area contributed by atoms with Gasteiger partial charge >= 0.3 is 0 Å². The molecule has 1 aliphatic rings. The minimum atomic E-state index is -3.39. The van der Waals surface area contributed by atoms with Gasteiger partial charge in [0.2, 0.25) is 5.95 Å². The zero-order valence-electron chi connectivity index (χ0n) is 22.9. The van der Waals surface area contributed by atoms with Crippen LogP contribution in [0.15, 0.2) is 42.6 Å². The fraction of sp³-hybridized carbons (Fsp3) is 0.448. The maximum Gasteiger partial charge on any atom is 0.227 e. The van der Waals surface area contributed by atoms with Gasteiger partial charge in [-0.05, 0) is 88.5 Å². The number of halogens is 2. The molecule has 1 fully saturated rings. The molecule has 39 heavy (non-hydrogen) atoms. The largest absolute Gasteiger partial charge is 0.489 e. The molecule has 2 aromatic carbocycles. The molecule has 210 valence electrons. The number of hydrogen-bond donors (Lipinski definition) is 1. The van der Waals surface area contributed by atoms with E-state index in [2.05, 4.69) is 20.2 Å². The molecule has 2 heterocycles. The van der Waals surface area contributed by atoms with Crippen LogP contribution in [0.2, 0.25) is 5.02 Å². The second-order valence-corrected chi connectivity index (χ2v) is 14.1. The smallest absolute Gasteiger partial charge is 0.227 e. The van der Waals surface area contributed by atoms with Gasteiger partial charge in [-0.2, -0.15) is 0 Å². The number of anilines is 2. The molecule has 0 saturated carbocycles. The number of nitrogens with zero attached hydrogens (tertiary/aromatic N) is 3. The Morgan fingerprint density at radius 2 is 1.87 bits per heavy atom. The first-order chi connectivity index (χ1) is 18.4. The predicted octanol–water partition coefficient (Wildman–Crippen LogP) is 6.10. The lowest BCUT2D eigenvalue weighted by atomic mass is 10.0. The van der Waals surface area contributed by atoms with Crippen molar-refractivity contribution >= 4 is 33.1 Å². The van der Waals surface area contributed by atoms with Gasteiger partial charge < -0.3 is 10.1 Å². The number of nitrogens with one attached hydrogen (secondary N) is 1. The van der Waals surface area contributed by atoms with Crippen molar-refractivity contribution in [1.29, 1.82) is 0 Å². The highest BCUT2D eigenvalue weighted by Crippen LogP contribution is 2.27. The Labute approximate surface area is 235 Å². The fourth-order valence-electron chi connectivity index (χ4n) is 4.30. The molecule has 7 nitrogen and oxygen atoms in total. The maximum absolute atomic E-state index is 14.7. The third-order valence-corrected chi connectivity index (χ3v) is 9.81. The van der Waals surface area contributed by atoms with Gasteiger partial charge in [0, 0.05) is 35.9 Å². The maximum atomic E-state index is 14.7. The molecular weight excluding hydrogens is 539 g/mol. The Morgan fingerprint density at radius 3 is 2.56 bits per heavy atom. The average molecular weight is 575 g/mol. The molecule has 0 amide bonds. The predicted molar refractivity (Wildman–Crippen MR) is 154 cm³/mol. The van der Waals surface area contributed by atoms with Gasteiger partial charge in [0.1, 0.15) is 6.61 Å². The number of aryl methyl sites for hydroxylation is 1. The van der Waals surface area contributed by atoms with Crippen LogP contribution in [-0.2, 0) is 22.0 Å². The number of benzene rings is 2. The van der Waals surface area contributed by atoms with Crippen LogP contribution in [0.1, 0.15) is 56.0 Å². The van der Waals surface area contributed by atoms with Crippen molar-refractivity contribution in [3.05, 3.63) is 75.8 Å². The molecule has 1 saturated heterocycles. The Bertz CT molecular complexity index is 1420. The first-order valence-corrected chi connectivity index (χ1v) is 15.2. The lowest BCUT2D eigenvalue weighted by Crippen LogP contribution is -2.29. The van der Waals surface area contributed by atoms with Crippen LogP contribution >= 0.6 is 11.6 Å². The summed E-state index contributed by atoms with van der Waals surface area (Å²) in [4.78, 5) is 11.3. The summed E-state index contributed by atoms with van der Waals surface area (Å²) >= 11 is 6.34. The standard InChI is InChI=1S/C29H36ClFN4O3S/c1-20-18-32-28(33-23-8-10-27(25(31)17-23)38-14-13-35-11-5-6-12-35)34-26(20)16-21-7-9-24(30)22(15-21)19-39(36,37)29(2,3)4/h7-10,15,17-18H,5-6,11-14,16,19H2,1-4H3,(H,32,33,34). The lowest BCUT2D eigenvalue weighted by molar-refractivity contribution is 0.231. The minimum absolute atomic E-state index is 0.137. The molecule has 0 aliphatic carbocycles. The highest BCUT2D eigenvalue weighted by molar-refractivity contribution is 7.91. The van der Waals surface area contributed by atoms with Gasteiger partial charge in [-0.15, -0.1) is 0 Å². The Hall–Kier alpha value is -2.75. The number of likely N-dealkylation sites (tertiary alicyclic amines) is 1. The summed E-state index contributed by atoms with van der Waals surface area (Å²) in [6.45, 7) is 10.3. The van der Waals surface area contributed by atoms with Gasteiger partial charge in [-0.1, -0.05) is 23.7 Å². The molecule has 0 spiro atoms. The summed E-state index contributed by atoms with van der Waals surface area (Å²) in [7, 11) is -3.39. The van der Waals surface area contributed by atoms with E-state index in [0.29, 0.717) is 35.2 Å². The second-order valence-electron chi connectivity index (χ2n) is 11.0. The van der Waals surface area contributed by atoms with Crippen LogP contribution in [-0.4, -0.2) is 54.3 Å². The molecule has 4 rings (SSSR count). The first-order valence-electron chi connectivity index (χ1n) is 13.2. The van der Waals surface area contributed by atoms with E-state index in [-0.39, 0.29) is 11.5 Å². The van der Waals surface area contributed by atoms with Crippen LogP contribution in [0.5, 0.6) is 5.75 Å². The van der Waals surface area contributed by atoms with E-state index in [1.165, 1.54) is 18.9 Å².